The first-order valence-corrected chi connectivity index (χ1v) is 9.53. The van der Waals surface area contributed by atoms with E-state index in [0.29, 0.717) is 22.4 Å². The van der Waals surface area contributed by atoms with E-state index >= 15 is 0 Å². The van der Waals surface area contributed by atoms with Gasteiger partial charge in [-0.3, -0.25) is 4.98 Å². The minimum atomic E-state index is -0.275. The molecule has 1 fully saturated rings. The van der Waals surface area contributed by atoms with Crippen LogP contribution in [0.2, 0.25) is 5.15 Å². The van der Waals surface area contributed by atoms with E-state index in [1.807, 2.05) is 46.7 Å². The molecule has 0 saturated carbocycles. The number of rotatable bonds is 4. The van der Waals surface area contributed by atoms with Crippen LogP contribution in [0.1, 0.15) is 16.1 Å². The molecule has 3 heterocycles. The Morgan fingerprint density at radius 2 is 2.08 bits per heavy atom. The van der Waals surface area contributed by atoms with Gasteiger partial charge in [-0.15, -0.1) is 11.3 Å². The lowest BCUT2D eigenvalue weighted by Gasteiger charge is -2.17. The largest absolute Gasteiger partial charge is 0.456 e. The first-order valence-electron chi connectivity index (χ1n) is 8.27. The van der Waals surface area contributed by atoms with Crippen LogP contribution in [0, 0.1) is 0 Å². The van der Waals surface area contributed by atoms with Crippen LogP contribution in [0.25, 0.3) is 11.1 Å². The Hall–Kier alpha value is -2.44. The number of benzene rings is 1. The van der Waals surface area contributed by atoms with Crippen LogP contribution in [-0.4, -0.2) is 35.1 Å². The van der Waals surface area contributed by atoms with E-state index in [9.17, 15) is 4.79 Å². The molecule has 0 spiro atoms. The molecule has 132 valence electrons. The van der Waals surface area contributed by atoms with Gasteiger partial charge in [0.15, 0.2) is 0 Å². The summed E-state index contributed by atoms with van der Waals surface area (Å²) in [5, 5.41) is 2.27. The fourth-order valence-corrected chi connectivity index (χ4v) is 3.98. The second kappa shape index (κ2) is 7.43. The second-order valence-corrected chi connectivity index (χ2v) is 7.29. The lowest BCUT2D eigenvalue weighted by molar-refractivity contribution is 0.0354. The van der Waals surface area contributed by atoms with Gasteiger partial charge in [0.25, 0.3) is 0 Å². The van der Waals surface area contributed by atoms with Gasteiger partial charge >= 0.3 is 5.97 Å². The molecule has 1 aliphatic rings. The Morgan fingerprint density at radius 3 is 2.88 bits per heavy atom. The summed E-state index contributed by atoms with van der Waals surface area (Å²) in [6, 6.07) is 11.8. The van der Waals surface area contributed by atoms with Crippen molar-refractivity contribution < 1.29 is 9.53 Å². The van der Waals surface area contributed by atoms with Crippen LogP contribution in [0.4, 0.5) is 5.82 Å². The number of anilines is 1. The summed E-state index contributed by atoms with van der Waals surface area (Å²) in [6.45, 7) is 1.34. The van der Waals surface area contributed by atoms with Gasteiger partial charge in [-0.05, 0) is 17.0 Å². The summed E-state index contributed by atoms with van der Waals surface area (Å²) < 4.78 is 5.75. The average molecular weight is 386 g/mol. The molecule has 0 aliphatic carbocycles. The lowest BCUT2D eigenvalue weighted by atomic mass is 10.1. The number of carbonyl (C=O) groups excluding carboxylic acids is 1. The van der Waals surface area contributed by atoms with Gasteiger partial charge in [-0.1, -0.05) is 41.9 Å². The van der Waals surface area contributed by atoms with Gasteiger partial charge < -0.3 is 9.64 Å². The van der Waals surface area contributed by atoms with Gasteiger partial charge in [0.2, 0.25) is 0 Å². The molecule has 0 radical (unpaired) electrons. The zero-order valence-electron chi connectivity index (χ0n) is 13.8. The number of carbonyl (C=O) groups is 1. The summed E-state index contributed by atoms with van der Waals surface area (Å²) in [6.07, 6.45) is 3.75. The zero-order chi connectivity index (χ0) is 17.9. The topological polar surface area (TPSA) is 55.3 Å². The van der Waals surface area contributed by atoms with Crippen molar-refractivity contribution >= 4 is 34.7 Å². The summed E-state index contributed by atoms with van der Waals surface area (Å²) in [5.41, 5.74) is 1.93. The SMILES string of the molecule is O=C(O[C@H]1CCN(c2cncc(Cl)n2)C1)c1sccc1-c1ccccc1. The number of ether oxygens (including phenoxy) is 1. The smallest absolute Gasteiger partial charge is 0.349 e. The monoisotopic (exact) mass is 385 g/mol. The van der Waals surface area contributed by atoms with Crippen LogP contribution < -0.4 is 4.90 Å². The van der Waals surface area contributed by atoms with E-state index in [1.165, 1.54) is 17.5 Å². The molecular weight excluding hydrogens is 370 g/mol. The summed E-state index contributed by atoms with van der Waals surface area (Å²) >= 11 is 7.31. The molecule has 0 bridgehead atoms. The maximum absolute atomic E-state index is 12.7. The number of aromatic nitrogens is 2. The fourth-order valence-electron chi connectivity index (χ4n) is 3.03. The van der Waals surface area contributed by atoms with Crippen molar-refractivity contribution in [3.05, 3.63) is 64.2 Å². The summed E-state index contributed by atoms with van der Waals surface area (Å²) in [5.74, 6) is 0.431. The van der Waals surface area contributed by atoms with Gasteiger partial charge in [0.05, 0.1) is 18.9 Å². The zero-order valence-corrected chi connectivity index (χ0v) is 15.4. The van der Waals surface area contributed by atoms with E-state index in [1.54, 1.807) is 6.20 Å². The van der Waals surface area contributed by atoms with Crippen molar-refractivity contribution in [3.8, 4) is 11.1 Å². The molecule has 1 aromatic carbocycles. The number of halogens is 1. The third kappa shape index (κ3) is 3.57. The first kappa shape index (κ1) is 17.0. The molecule has 3 aromatic rings. The van der Waals surface area contributed by atoms with Crippen LogP contribution in [0.5, 0.6) is 0 Å². The van der Waals surface area contributed by atoms with Gasteiger partial charge in [-0.2, -0.15) is 0 Å². The molecule has 2 aromatic heterocycles. The molecule has 5 nitrogen and oxygen atoms in total. The fraction of sp³-hybridized carbons (Fsp3) is 0.211. The van der Waals surface area contributed by atoms with Gasteiger partial charge in [0.1, 0.15) is 22.0 Å². The quantitative estimate of drug-likeness (QED) is 0.627. The Balaban J connectivity index is 1.45. The molecule has 0 amide bonds. The first-order chi connectivity index (χ1) is 12.7. The van der Waals surface area contributed by atoms with Gasteiger partial charge in [-0.25, -0.2) is 9.78 Å². The highest BCUT2D eigenvalue weighted by molar-refractivity contribution is 7.12. The third-order valence-electron chi connectivity index (χ3n) is 4.27. The van der Waals surface area contributed by atoms with Crippen LogP contribution in [0.15, 0.2) is 54.2 Å². The standard InChI is InChI=1S/C19H16ClN3O2S/c20-16-10-21-11-17(22-16)23-8-6-14(12-23)25-19(24)18-15(7-9-26-18)13-4-2-1-3-5-13/h1-5,7,9-11,14H,6,8,12H2/t14-/m0/s1. The van der Waals surface area contributed by atoms with Crippen molar-refractivity contribution in [2.24, 2.45) is 0 Å². The average Bonchev–Trinajstić information content (AvgIpc) is 3.32. The number of esters is 1. The van der Waals surface area contributed by atoms with E-state index in [-0.39, 0.29) is 12.1 Å². The highest BCUT2D eigenvalue weighted by Gasteiger charge is 2.28. The number of thiophene rings is 1. The Labute approximate surface area is 160 Å². The van der Waals surface area contributed by atoms with Crippen LogP contribution in [-0.2, 0) is 4.74 Å². The maximum atomic E-state index is 12.7. The molecule has 26 heavy (non-hydrogen) atoms. The maximum Gasteiger partial charge on any atom is 0.349 e. The van der Waals surface area contributed by atoms with Crippen molar-refractivity contribution in [2.45, 2.75) is 12.5 Å². The number of nitrogens with zero attached hydrogens (tertiary/aromatic N) is 3. The Kier molecular flexibility index (Phi) is 4.86. The molecule has 1 aliphatic heterocycles. The van der Waals surface area contributed by atoms with E-state index in [2.05, 4.69) is 9.97 Å². The van der Waals surface area contributed by atoms with E-state index in [0.717, 1.165) is 24.1 Å². The predicted molar refractivity (Wildman–Crippen MR) is 103 cm³/mol. The van der Waals surface area contributed by atoms with E-state index in [4.69, 9.17) is 16.3 Å². The molecular formula is C19H16ClN3O2S. The predicted octanol–water partition coefficient (Wildman–Crippen LogP) is 4.29. The molecule has 0 unspecified atom stereocenters. The molecule has 1 atom stereocenters. The minimum absolute atomic E-state index is 0.172. The molecule has 0 N–H and O–H groups in total. The molecule has 1 saturated heterocycles. The Bertz CT molecular complexity index is 916. The minimum Gasteiger partial charge on any atom is -0.456 e. The van der Waals surface area contributed by atoms with E-state index < -0.39 is 0 Å². The lowest BCUT2D eigenvalue weighted by Crippen LogP contribution is -2.25. The number of hydrogen-bond acceptors (Lipinski definition) is 6. The second-order valence-electron chi connectivity index (χ2n) is 5.99. The summed E-state index contributed by atoms with van der Waals surface area (Å²) in [7, 11) is 0. The van der Waals surface area contributed by atoms with Crippen molar-refractivity contribution in [2.75, 3.05) is 18.0 Å². The third-order valence-corrected chi connectivity index (χ3v) is 5.35. The van der Waals surface area contributed by atoms with Crippen molar-refractivity contribution in [1.29, 1.82) is 0 Å². The number of hydrogen-bond donors (Lipinski definition) is 0. The molecule has 4 rings (SSSR count). The van der Waals surface area contributed by atoms with Crippen LogP contribution in [0.3, 0.4) is 0 Å². The van der Waals surface area contributed by atoms with Crippen molar-refractivity contribution in [1.82, 2.24) is 9.97 Å². The highest BCUT2D eigenvalue weighted by atomic mass is 35.5. The normalized spacial score (nSPS) is 16.7. The molecule has 7 heteroatoms. The summed E-state index contributed by atoms with van der Waals surface area (Å²) in [4.78, 5) is 23.7. The Morgan fingerprint density at radius 1 is 1.23 bits per heavy atom. The highest BCUT2D eigenvalue weighted by Crippen LogP contribution is 2.30. The van der Waals surface area contributed by atoms with Crippen molar-refractivity contribution in [3.63, 3.8) is 0 Å². The van der Waals surface area contributed by atoms with Gasteiger partial charge in [0, 0.05) is 18.5 Å². The van der Waals surface area contributed by atoms with Crippen LogP contribution >= 0.6 is 22.9 Å².